The van der Waals surface area contributed by atoms with E-state index in [1.54, 1.807) is 0 Å². The number of aryl methyl sites for hydroxylation is 1. The fourth-order valence-electron chi connectivity index (χ4n) is 2.76. The van der Waals surface area contributed by atoms with E-state index >= 15 is 0 Å². The normalized spacial score (nSPS) is 10.4. The van der Waals surface area contributed by atoms with Crippen molar-refractivity contribution in [3.63, 3.8) is 0 Å². The Hall–Kier alpha value is -3.27. The van der Waals surface area contributed by atoms with Crippen LogP contribution in [-0.4, -0.2) is 24.3 Å². The summed E-state index contributed by atoms with van der Waals surface area (Å²) in [4.78, 5) is 10.6. The summed E-state index contributed by atoms with van der Waals surface area (Å²) in [6, 6.07) is 25.6. The summed E-state index contributed by atoms with van der Waals surface area (Å²) < 4.78 is 11.6. The van der Waals surface area contributed by atoms with Crippen LogP contribution in [0.25, 0.3) is 11.1 Å². The molecule has 0 atom stereocenters. The maximum absolute atomic E-state index is 10.6. The van der Waals surface area contributed by atoms with E-state index in [9.17, 15) is 4.79 Å². The highest BCUT2D eigenvalue weighted by molar-refractivity contribution is 5.70. The number of rotatable bonds is 9. The molecule has 0 spiro atoms. The fourth-order valence-corrected chi connectivity index (χ4v) is 2.76. The molecular formula is C23H22O4. The van der Waals surface area contributed by atoms with E-state index in [0.717, 1.165) is 28.2 Å². The number of hydrogen-bond donors (Lipinski definition) is 1. The van der Waals surface area contributed by atoms with Crippen molar-refractivity contribution in [2.45, 2.75) is 12.8 Å². The molecule has 3 aromatic carbocycles. The summed E-state index contributed by atoms with van der Waals surface area (Å²) in [6.45, 7) is 0.863. The SMILES string of the molecule is O=C(O)CCc1ccc(OCCOc2ccccc2-c2ccccc2)cc1. The molecule has 0 radical (unpaired) electrons. The predicted molar refractivity (Wildman–Crippen MR) is 105 cm³/mol. The number of carboxylic acid groups (broad SMARTS) is 1. The molecule has 3 rings (SSSR count). The van der Waals surface area contributed by atoms with E-state index in [1.165, 1.54) is 0 Å². The van der Waals surface area contributed by atoms with E-state index in [2.05, 4.69) is 12.1 Å². The van der Waals surface area contributed by atoms with Gasteiger partial charge in [-0.3, -0.25) is 4.79 Å². The van der Waals surface area contributed by atoms with Crippen LogP contribution >= 0.6 is 0 Å². The van der Waals surface area contributed by atoms with Crippen molar-refractivity contribution in [1.82, 2.24) is 0 Å². The zero-order valence-corrected chi connectivity index (χ0v) is 15.0. The average Bonchev–Trinajstić information content (AvgIpc) is 2.71. The Balaban J connectivity index is 1.50. The quantitative estimate of drug-likeness (QED) is 0.554. The second-order valence-corrected chi connectivity index (χ2v) is 6.10. The van der Waals surface area contributed by atoms with Crippen LogP contribution in [-0.2, 0) is 11.2 Å². The molecule has 27 heavy (non-hydrogen) atoms. The molecule has 0 fully saturated rings. The minimum Gasteiger partial charge on any atom is -0.490 e. The van der Waals surface area contributed by atoms with Gasteiger partial charge in [0.1, 0.15) is 24.7 Å². The van der Waals surface area contributed by atoms with Gasteiger partial charge in [0.05, 0.1) is 0 Å². The third-order valence-electron chi connectivity index (χ3n) is 4.13. The molecule has 0 aliphatic carbocycles. The van der Waals surface area contributed by atoms with Crippen LogP contribution in [0.15, 0.2) is 78.9 Å². The van der Waals surface area contributed by atoms with Crippen molar-refractivity contribution < 1.29 is 19.4 Å². The van der Waals surface area contributed by atoms with Gasteiger partial charge in [-0.25, -0.2) is 0 Å². The standard InChI is InChI=1S/C23H22O4/c24-23(25)15-12-18-10-13-20(14-11-18)26-16-17-27-22-9-5-4-8-21(22)19-6-2-1-3-7-19/h1-11,13-14H,12,15-17H2,(H,24,25). The lowest BCUT2D eigenvalue weighted by Crippen LogP contribution is -2.09. The molecule has 0 aliphatic heterocycles. The van der Waals surface area contributed by atoms with Crippen molar-refractivity contribution in [2.75, 3.05) is 13.2 Å². The Bertz CT molecular complexity index is 857. The Morgan fingerprint density at radius 3 is 2.19 bits per heavy atom. The van der Waals surface area contributed by atoms with E-state index in [0.29, 0.717) is 19.6 Å². The predicted octanol–water partition coefficient (Wildman–Crippen LogP) is 4.83. The van der Waals surface area contributed by atoms with Crippen LogP contribution < -0.4 is 9.47 Å². The highest BCUT2D eigenvalue weighted by atomic mass is 16.5. The van der Waals surface area contributed by atoms with Gasteiger partial charge >= 0.3 is 5.97 Å². The van der Waals surface area contributed by atoms with Gasteiger partial charge < -0.3 is 14.6 Å². The van der Waals surface area contributed by atoms with Crippen molar-refractivity contribution in [3.8, 4) is 22.6 Å². The second kappa shape index (κ2) is 9.43. The van der Waals surface area contributed by atoms with Crippen molar-refractivity contribution in [3.05, 3.63) is 84.4 Å². The number of ether oxygens (including phenoxy) is 2. The first kappa shape index (κ1) is 18.5. The number of carbonyl (C=O) groups is 1. The summed E-state index contributed by atoms with van der Waals surface area (Å²) in [5.74, 6) is 0.786. The molecule has 4 nitrogen and oxygen atoms in total. The van der Waals surface area contributed by atoms with Crippen LogP contribution in [0.5, 0.6) is 11.5 Å². The van der Waals surface area contributed by atoms with E-state index in [1.807, 2.05) is 66.7 Å². The van der Waals surface area contributed by atoms with E-state index in [-0.39, 0.29) is 6.42 Å². The summed E-state index contributed by atoms with van der Waals surface area (Å²) in [7, 11) is 0. The van der Waals surface area contributed by atoms with Gasteiger partial charge in [0.15, 0.2) is 0 Å². The highest BCUT2D eigenvalue weighted by Crippen LogP contribution is 2.29. The minimum atomic E-state index is -0.789. The Morgan fingerprint density at radius 2 is 1.44 bits per heavy atom. The molecular weight excluding hydrogens is 340 g/mol. The first-order valence-electron chi connectivity index (χ1n) is 8.93. The largest absolute Gasteiger partial charge is 0.490 e. The van der Waals surface area contributed by atoms with Gasteiger partial charge in [0.25, 0.3) is 0 Å². The molecule has 0 saturated carbocycles. The summed E-state index contributed by atoms with van der Waals surface area (Å²) >= 11 is 0. The van der Waals surface area contributed by atoms with Gasteiger partial charge in [-0.05, 0) is 35.7 Å². The van der Waals surface area contributed by atoms with Gasteiger partial charge in [0, 0.05) is 12.0 Å². The molecule has 0 unspecified atom stereocenters. The topological polar surface area (TPSA) is 55.8 Å². The van der Waals surface area contributed by atoms with Crippen LogP contribution in [0, 0.1) is 0 Å². The smallest absolute Gasteiger partial charge is 0.303 e. The molecule has 0 bridgehead atoms. The number of hydrogen-bond acceptors (Lipinski definition) is 3. The third-order valence-corrected chi connectivity index (χ3v) is 4.13. The first-order chi connectivity index (χ1) is 13.2. The van der Waals surface area contributed by atoms with E-state index in [4.69, 9.17) is 14.6 Å². The van der Waals surface area contributed by atoms with Crippen LogP contribution in [0.1, 0.15) is 12.0 Å². The number of benzene rings is 3. The minimum absolute atomic E-state index is 0.134. The zero-order chi connectivity index (χ0) is 18.9. The molecule has 4 heteroatoms. The molecule has 138 valence electrons. The lowest BCUT2D eigenvalue weighted by atomic mass is 10.1. The van der Waals surface area contributed by atoms with Crippen LogP contribution in [0.3, 0.4) is 0 Å². The third kappa shape index (κ3) is 5.61. The molecule has 0 heterocycles. The maximum atomic E-state index is 10.6. The number of carboxylic acids is 1. The van der Waals surface area contributed by atoms with Crippen LogP contribution in [0.2, 0.25) is 0 Å². The Morgan fingerprint density at radius 1 is 0.778 bits per heavy atom. The number of para-hydroxylation sites is 1. The molecule has 1 N–H and O–H groups in total. The van der Waals surface area contributed by atoms with Gasteiger partial charge in [0.2, 0.25) is 0 Å². The van der Waals surface area contributed by atoms with Crippen molar-refractivity contribution in [2.24, 2.45) is 0 Å². The van der Waals surface area contributed by atoms with Gasteiger partial charge in [-0.15, -0.1) is 0 Å². The molecule has 0 saturated heterocycles. The van der Waals surface area contributed by atoms with E-state index < -0.39 is 5.97 Å². The maximum Gasteiger partial charge on any atom is 0.303 e. The second-order valence-electron chi connectivity index (χ2n) is 6.10. The highest BCUT2D eigenvalue weighted by Gasteiger charge is 2.05. The summed E-state index contributed by atoms with van der Waals surface area (Å²) in [6.07, 6.45) is 0.657. The lowest BCUT2D eigenvalue weighted by molar-refractivity contribution is -0.136. The molecule has 3 aromatic rings. The molecule has 0 aromatic heterocycles. The zero-order valence-electron chi connectivity index (χ0n) is 15.0. The van der Waals surface area contributed by atoms with Gasteiger partial charge in [-0.2, -0.15) is 0 Å². The lowest BCUT2D eigenvalue weighted by Gasteiger charge is -2.12. The van der Waals surface area contributed by atoms with Crippen molar-refractivity contribution >= 4 is 5.97 Å². The first-order valence-corrected chi connectivity index (χ1v) is 8.93. The molecule has 0 aliphatic rings. The van der Waals surface area contributed by atoms with Crippen molar-refractivity contribution in [1.29, 1.82) is 0 Å². The molecule has 0 amide bonds. The Kier molecular flexibility index (Phi) is 6.47. The Labute approximate surface area is 159 Å². The average molecular weight is 362 g/mol. The summed E-state index contributed by atoms with van der Waals surface area (Å²) in [5.41, 5.74) is 3.16. The fraction of sp³-hybridized carbons (Fsp3) is 0.174. The van der Waals surface area contributed by atoms with Crippen LogP contribution in [0.4, 0.5) is 0 Å². The van der Waals surface area contributed by atoms with Gasteiger partial charge in [-0.1, -0.05) is 60.7 Å². The number of aliphatic carboxylic acids is 1. The summed E-state index contributed by atoms with van der Waals surface area (Å²) in [5, 5.41) is 8.72. The monoisotopic (exact) mass is 362 g/mol.